The molecule has 0 aliphatic carbocycles. The molecule has 1 atom stereocenters. The van der Waals surface area contributed by atoms with Gasteiger partial charge in [0.1, 0.15) is 6.04 Å². The van der Waals surface area contributed by atoms with Crippen LogP contribution in [0.15, 0.2) is 121 Å². The van der Waals surface area contributed by atoms with Crippen LogP contribution in [-0.2, 0) is 4.79 Å². The Hall–Kier alpha value is -3.26. The predicted molar refractivity (Wildman–Crippen MR) is 149 cm³/mol. The number of carboxylic acids is 1. The molecule has 0 aromatic heterocycles. The normalized spacial score (nSPS) is 11.3. The van der Waals surface area contributed by atoms with Crippen LogP contribution >= 0.6 is 0 Å². The van der Waals surface area contributed by atoms with Gasteiger partial charge in [-0.1, -0.05) is 32.0 Å². The summed E-state index contributed by atoms with van der Waals surface area (Å²) in [5.41, 5.74) is 0.475. The quantitative estimate of drug-likeness (QED) is 0.277. The van der Waals surface area contributed by atoms with Gasteiger partial charge in [0.05, 0.1) is 0 Å². The van der Waals surface area contributed by atoms with Crippen molar-refractivity contribution in [1.29, 1.82) is 0 Å². The summed E-state index contributed by atoms with van der Waals surface area (Å²) >= 11 is -2.17. The van der Waals surface area contributed by atoms with Crippen LogP contribution in [0.5, 0.6) is 0 Å². The van der Waals surface area contributed by atoms with Crippen molar-refractivity contribution in [2.24, 2.45) is 5.92 Å². The number of amides is 1. The van der Waals surface area contributed by atoms with E-state index >= 15 is 0 Å². The third kappa shape index (κ3) is 8.45. The van der Waals surface area contributed by atoms with E-state index < -0.39 is 34.7 Å². The number of carbonyl (C=O) groups excluding carboxylic acids is 1. The van der Waals surface area contributed by atoms with E-state index in [-0.39, 0.29) is 11.8 Å². The number of aliphatic carboxylic acids is 1. The van der Waals surface area contributed by atoms with E-state index in [1.807, 2.05) is 13.8 Å². The van der Waals surface area contributed by atoms with Crippen LogP contribution < -0.4 is 14.7 Å². The van der Waals surface area contributed by atoms with Crippen molar-refractivity contribution in [3.05, 3.63) is 127 Å². The molecule has 4 rings (SSSR count). The molecule has 0 spiro atoms. The number of carbonyl (C=O) groups is 2. The number of carboxylic acid groups (broad SMARTS) is 1. The molecule has 0 heterocycles. The van der Waals surface area contributed by atoms with Gasteiger partial charge in [0.15, 0.2) is 0 Å². The number of nitrogens with one attached hydrogen (secondary N) is 1. The van der Waals surface area contributed by atoms with Gasteiger partial charge in [-0.2, -0.15) is 0 Å². The van der Waals surface area contributed by atoms with Gasteiger partial charge in [-0.3, -0.25) is 4.79 Å². The van der Waals surface area contributed by atoms with Gasteiger partial charge in [0, 0.05) is 5.56 Å². The summed E-state index contributed by atoms with van der Waals surface area (Å²) in [6.07, 6.45) is 0.425. The maximum atomic E-state index is 11.8. The van der Waals surface area contributed by atoms with Crippen molar-refractivity contribution in [2.45, 2.75) is 26.3 Å². The number of benzene rings is 4. The van der Waals surface area contributed by atoms with Crippen LogP contribution in [-0.4, -0.2) is 45.7 Å². The first-order valence-corrected chi connectivity index (χ1v) is 17.9. The van der Waals surface area contributed by atoms with Crippen molar-refractivity contribution in [3.8, 4) is 0 Å². The number of rotatable bonds is 8. The minimum atomic E-state index is -2.17. The Bertz CT molecular complexity index is 1110. The van der Waals surface area contributed by atoms with Crippen LogP contribution in [0, 0.1) is 5.92 Å². The molecule has 4 nitrogen and oxygen atoms in total. The molecule has 4 aromatic rings. The molecule has 2 N–H and O–H groups in total. The first kappa shape index (κ1) is 27.3. The second kappa shape index (κ2) is 14.3. The van der Waals surface area contributed by atoms with Crippen molar-refractivity contribution in [3.63, 3.8) is 0 Å². The Balaban J connectivity index is 0.000000202. The van der Waals surface area contributed by atoms with Gasteiger partial charge in [0.25, 0.3) is 5.91 Å². The monoisotopic (exact) mass is 674 g/mol. The zero-order valence-electron chi connectivity index (χ0n) is 20.7. The standard InChI is InChI=1S/C13H17NO3.3C6H5.Pb/c1-9(2)8-11(13(16)17)14-12(15)10-6-4-3-5-7-10;3*1-2-4-6-5-3-1;/h3-7,9,11H,8H2,1-2H3,(H,14,15)(H,16,17);3*1-5H;. The van der Waals surface area contributed by atoms with Gasteiger partial charge in [0.2, 0.25) is 0 Å². The summed E-state index contributed by atoms with van der Waals surface area (Å²) in [5.74, 6) is -1.13. The van der Waals surface area contributed by atoms with Gasteiger partial charge < -0.3 is 10.4 Å². The Kier molecular flexibility index (Phi) is 10.9. The van der Waals surface area contributed by atoms with Gasteiger partial charge >= 0.3 is 129 Å². The Morgan fingerprint density at radius 3 is 1.36 bits per heavy atom. The van der Waals surface area contributed by atoms with E-state index in [0.717, 1.165) is 0 Å². The van der Waals surface area contributed by atoms with Gasteiger partial charge in [-0.25, -0.2) is 4.79 Å². The summed E-state index contributed by atoms with van der Waals surface area (Å²) in [6, 6.07) is 40.8. The van der Waals surface area contributed by atoms with Gasteiger partial charge in [-0.05, 0) is 24.5 Å². The van der Waals surface area contributed by atoms with Crippen LogP contribution in [0.3, 0.4) is 0 Å². The fourth-order valence-corrected chi connectivity index (χ4v) is 13.9. The zero-order chi connectivity index (χ0) is 25.8. The first-order valence-electron chi connectivity index (χ1n) is 12.1. The topological polar surface area (TPSA) is 66.4 Å². The third-order valence-electron chi connectivity index (χ3n) is 5.53. The molecule has 0 saturated heterocycles. The van der Waals surface area contributed by atoms with E-state index in [0.29, 0.717) is 12.0 Å². The van der Waals surface area contributed by atoms with E-state index in [4.69, 9.17) is 5.11 Å². The summed E-state index contributed by atoms with van der Waals surface area (Å²) in [5, 5.41) is 11.5. The Morgan fingerprint density at radius 2 is 1.03 bits per heavy atom. The average Bonchev–Trinajstić information content (AvgIpc) is 2.91. The van der Waals surface area contributed by atoms with Crippen molar-refractivity contribution < 1.29 is 14.7 Å². The molecule has 4 aromatic carbocycles. The molecular weight excluding hydrogens is 642 g/mol. The van der Waals surface area contributed by atoms with E-state index in [1.165, 1.54) is 0 Å². The summed E-state index contributed by atoms with van der Waals surface area (Å²) in [7, 11) is 0. The molecule has 1 amide bonds. The van der Waals surface area contributed by atoms with E-state index in [1.54, 1.807) is 39.7 Å². The minimum absolute atomic E-state index is 0.215. The second-order valence-corrected chi connectivity index (χ2v) is 18.5. The summed E-state index contributed by atoms with van der Waals surface area (Å²) in [4.78, 5) is 22.8. The molecule has 0 saturated carbocycles. The summed E-state index contributed by atoms with van der Waals surface area (Å²) in [6.45, 7) is 3.84. The first-order chi connectivity index (χ1) is 17.5. The molecule has 183 valence electrons. The molecule has 0 aliphatic rings. The van der Waals surface area contributed by atoms with Crippen LogP contribution in [0.1, 0.15) is 30.6 Å². The fourth-order valence-electron chi connectivity index (χ4n) is 3.84. The van der Waals surface area contributed by atoms with E-state index in [9.17, 15) is 9.59 Å². The summed E-state index contributed by atoms with van der Waals surface area (Å²) < 4.78 is 4.64. The number of hydrogen-bond acceptors (Lipinski definition) is 2. The van der Waals surface area contributed by atoms with Crippen LogP contribution in [0.2, 0.25) is 0 Å². The maximum absolute atomic E-state index is 11.8. The van der Waals surface area contributed by atoms with Crippen molar-refractivity contribution >= 4 is 43.9 Å². The molecule has 0 aliphatic heterocycles. The molecule has 1 unspecified atom stereocenters. The van der Waals surface area contributed by atoms with Crippen LogP contribution in [0.4, 0.5) is 0 Å². The third-order valence-corrected chi connectivity index (χ3v) is 16.2. The average molecular weight is 674 g/mol. The van der Waals surface area contributed by atoms with E-state index in [2.05, 4.69) is 96.3 Å². The van der Waals surface area contributed by atoms with Crippen molar-refractivity contribution in [2.75, 3.05) is 0 Å². The molecule has 36 heavy (non-hydrogen) atoms. The fraction of sp³-hybridized carbons (Fsp3) is 0.161. The zero-order valence-corrected chi connectivity index (χ0v) is 24.6. The predicted octanol–water partition coefficient (Wildman–Crippen LogP) is 4.12. The van der Waals surface area contributed by atoms with Gasteiger partial charge in [-0.15, -0.1) is 0 Å². The second-order valence-electron chi connectivity index (χ2n) is 8.83. The number of hydrogen-bond donors (Lipinski definition) is 2. The molecule has 0 fully saturated rings. The SMILES string of the molecule is CC(C)CC(NC(=O)c1ccccc1)C(=O)O.c1cc[c]([Pb]([c]2ccccc2)[c]2ccccc2)cc1. The van der Waals surface area contributed by atoms with Crippen molar-refractivity contribution in [1.82, 2.24) is 5.32 Å². The van der Waals surface area contributed by atoms with Crippen LogP contribution in [0.25, 0.3) is 0 Å². The molecule has 0 bridgehead atoms. The Morgan fingerprint density at radius 1 is 0.667 bits per heavy atom. The Labute approximate surface area is 222 Å². The molecular formula is C31H32NO3Pb. The molecule has 5 heteroatoms. The molecule has 1 radical (unpaired) electrons.